The summed E-state index contributed by atoms with van der Waals surface area (Å²) in [5.74, 6) is -0.290. The number of alkyl halides is 2. The van der Waals surface area contributed by atoms with Crippen molar-refractivity contribution in [3.8, 4) is 0 Å². The molecule has 0 aliphatic carbocycles. The third-order valence-electron chi connectivity index (χ3n) is 2.52. The van der Waals surface area contributed by atoms with Crippen molar-refractivity contribution in [2.24, 2.45) is 0 Å². The minimum atomic E-state index is -2.40. The number of alkyl carbamates (subject to hydrolysis) is 1. The van der Waals surface area contributed by atoms with Crippen molar-refractivity contribution in [2.75, 3.05) is 6.54 Å². The van der Waals surface area contributed by atoms with Gasteiger partial charge in [0.05, 0.1) is 6.54 Å². The molecule has 0 saturated heterocycles. The highest BCUT2D eigenvalue weighted by Gasteiger charge is 2.08. The Morgan fingerprint density at radius 1 is 1.20 bits per heavy atom. The number of carbonyl (C=O) groups is 2. The van der Waals surface area contributed by atoms with Crippen LogP contribution in [0.3, 0.4) is 0 Å². The molecule has 0 heterocycles. The Morgan fingerprint density at radius 3 is 2.55 bits per heavy atom. The maximum absolute atomic E-state index is 11.9. The number of ketones is 1. The predicted octanol–water partition coefficient (Wildman–Crippen LogP) is 2.92. The lowest BCUT2D eigenvalue weighted by atomic mass is 10.2. The summed E-state index contributed by atoms with van der Waals surface area (Å²) >= 11 is 0. The van der Waals surface area contributed by atoms with Gasteiger partial charge < -0.3 is 10.1 Å². The van der Waals surface area contributed by atoms with Gasteiger partial charge in [0.25, 0.3) is 0 Å². The molecule has 0 radical (unpaired) electrons. The smallest absolute Gasteiger partial charge is 0.407 e. The second-order valence-electron chi connectivity index (χ2n) is 4.24. The van der Waals surface area contributed by atoms with Gasteiger partial charge >= 0.3 is 6.09 Å². The summed E-state index contributed by atoms with van der Waals surface area (Å²) in [7, 11) is 0. The molecule has 0 saturated carbocycles. The molecule has 1 aromatic carbocycles. The van der Waals surface area contributed by atoms with Crippen molar-refractivity contribution in [1.82, 2.24) is 5.32 Å². The summed E-state index contributed by atoms with van der Waals surface area (Å²) in [4.78, 5) is 22.6. The molecular formula is C14H17F2NO3. The fourth-order valence-corrected chi connectivity index (χ4v) is 1.49. The molecule has 1 aromatic rings. The van der Waals surface area contributed by atoms with Crippen LogP contribution >= 0.6 is 0 Å². The lowest BCUT2D eigenvalue weighted by molar-refractivity contribution is -0.118. The van der Waals surface area contributed by atoms with Gasteiger partial charge in [-0.3, -0.25) is 4.79 Å². The molecule has 110 valence electrons. The predicted molar refractivity (Wildman–Crippen MR) is 69.5 cm³/mol. The zero-order valence-corrected chi connectivity index (χ0v) is 11.0. The highest BCUT2D eigenvalue weighted by molar-refractivity contribution is 5.83. The molecule has 1 amide bonds. The number of ether oxygens (including phenoxy) is 1. The molecule has 4 nitrogen and oxygen atoms in total. The second kappa shape index (κ2) is 9.01. The third kappa shape index (κ3) is 7.45. The SMILES string of the molecule is O=C(CCCC(F)F)CNC(=O)OCc1ccccc1. The number of hydrogen-bond donors (Lipinski definition) is 1. The minimum absolute atomic E-state index is 0.0311. The van der Waals surface area contributed by atoms with Gasteiger partial charge in [-0.25, -0.2) is 13.6 Å². The number of hydrogen-bond acceptors (Lipinski definition) is 3. The quantitative estimate of drug-likeness (QED) is 0.799. The molecule has 6 heteroatoms. The van der Waals surface area contributed by atoms with Gasteiger partial charge in [0, 0.05) is 12.8 Å². The largest absolute Gasteiger partial charge is 0.445 e. The van der Waals surface area contributed by atoms with Crippen LogP contribution in [0.4, 0.5) is 13.6 Å². The summed E-state index contributed by atoms with van der Waals surface area (Å²) in [5.41, 5.74) is 0.839. The van der Waals surface area contributed by atoms with Gasteiger partial charge in [-0.05, 0) is 12.0 Å². The summed E-state index contributed by atoms with van der Waals surface area (Å²) in [6.45, 7) is -0.0803. The maximum atomic E-state index is 11.9. The number of halogens is 2. The number of Topliss-reactive ketones (excluding diaryl/α,β-unsaturated/α-hetero) is 1. The zero-order valence-electron chi connectivity index (χ0n) is 11.0. The first-order valence-corrected chi connectivity index (χ1v) is 6.32. The van der Waals surface area contributed by atoms with Crippen molar-refractivity contribution in [2.45, 2.75) is 32.3 Å². The molecule has 20 heavy (non-hydrogen) atoms. The third-order valence-corrected chi connectivity index (χ3v) is 2.52. The van der Waals surface area contributed by atoms with Crippen molar-refractivity contribution in [3.05, 3.63) is 35.9 Å². The van der Waals surface area contributed by atoms with E-state index in [0.29, 0.717) is 0 Å². The van der Waals surface area contributed by atoms with E-state index in [1.54, 1.807) is 0 Å². The summed E-state index contributed by atoms with van der Waals surface area (Å²) in [6, 6.07) is 9.11. The van der Waals surface area contributed by atoms with Gasteiger partial charge in [0.1, 0.15) is 6.61 Å². The van der Waals surface area contributed by atoms with E-state index in [9.17, 15) is 18.4 Å². The van der Waals surface area contributed by atoms with Gasteiger partial charge in [-0.1, -0.05) is 30.3 Å². The Morgan fingerprint density at radius 2 is 1.90 bits per heavy atom. The van der Waals surface area contributed by atoms with Gasteiger partial charge in [-0.15, -0.1) is 0 Å². The van der Waals surface area contributed by atoms with Crippen LogP contribution < -0.4 is 5.32 Å². The Bertz CT molecular complexity index is 424. The molecular weight excluding hydrogens is 268 g/mol. The van der Waals surface area contributed by atoms with Crippen LogP contribution in [0.15, 0.2) is 30.3 Å². The molecule has 0 unspecified atom stereocenters. The summed E-state index contributed by atoms with van der Waals surface area (Å²) in [6.07, 6.45) is -3.24. The van der Waals surface area contributed by atoms with E-state index in [-0.39, 0.29) is 38.2 Å². The zero-order chi connectivity index (χ0) is 14.8. The number of rotatable bonds is 8. The van der Waals surface area contributed by atoms with Crippen LogP contribution in [0, 0.1) is 0 Å². The van der Waals surface area contributed by atoms with E-state index in [0.717, 1.165) is 5.56 Å². The Kier molecular flexibility index (Phi) is 7.24. The van der Waals surface area contributed by atoms with E-state index in [2.05, 4.69) is 5.32 Å². The molecule has 0 aliphatic rings. The lowest BCUT2D eigenvalue weighted by Gasteiger charge is -2.06. The Balaban J connectivity index is 2.12. The first-order chi connectivity index (χ1) is 9.58. The average Bonchev–Trinajstić information content (AvgIpc) is 2.43. The van der Waals surface area contributed by atoms with Crippen molar-refractivity contribution >= 4 is 11.9 Å². The molecule has 0 bridgehead atoms. The van der Waals surface area contributed by atoms with Gasteiger partial charge in [0.2, 0.25) is 6.43 Å². The van der Waals surface area contributed by atoms with Crippen LogP contribution in [-0.2, 0) is 16.1 Å². The molecule has 0 fully saturated rings. The minimum Gasteiger partial charge on any atom is -0.445 e. The van der Waals surface area contributed by atoms with E-state index in [1.807, 2.05) is 30.3 Å². The number of carbonyl (C=O) groups excluding carboxylic acids is 2. The van der Waals surface area contributed by atoms with Crippen molar-refractivity contribution in [1.29, 1.82) is 0 Å². The summed E-state index contributed by atoms with van der Waals surface area (Å²) in [5, 5.41) is 2.29. The van der Waals surface area contributed by atoms with E-state index < -0.39 is 12.5 Å². The van der Waals surface area contributed by atoms with Crippen LogP contribution in [0.5, 0.6) is 0 Å². The normalized spacial score (nSPS) is 10.3. The number of nitrogens with one attached hydrogen (secondary N) is 1. The second-order valence-corrected chi connectivity index (χ2v) is 4.24. The standard InChI is InChI=1S/C14H17F2NO3/c15-13(16)8-4-7-12(18)9-17-14(19)20-10-11-5-2-1-3-6-11/h1-3,5-6,13H,4,7-10H2,(H,17,19). The lowest BCUT2D eigenvalue weighted by Crippen LogP contribution is -2.29. The fraction of sp³-hybridized carbons (Fsp3) is 0.429. The first-order valence-electron chi connectivity index (χ1n) is 6.32. The van der Waals surface area contributed by atoms with E-state index in [1.165, 1.54) is 0 Å². The Labute approximate surface area is 116 Å². The molecule has 0 atom stereocenters. The van der Waals surface area contributed by atoms with Crippen molar-refractivity contribution in [3.63, 3.8) is 0 Å². The highest BCUT2D eigenvalue weighted by atomic mass is 19.3. The van der Waals surface area contributed by atoms with Crippen LogP contribution in [0.1, 0.15) is 24.8 Å². The molecule has 1 rings (SSSR count). The molecule has 1 N–H and O–H groups in total. The molecule has 0 aliphatic heterocycles. The summed E-state index contributed by atoms with van der Waals surface area (Å²) < 4.78 is 28.6. The fourth-order valence-electron chi connectivity index (χ4n) is 1.49. The van der Waals surface area contributed by atoms with Crippen LogP contribution in [0.25, 0.3) is 0 Å². The van der Waals surface area contributed by atoms with Crippen LogP contribution in [-0.4, -0.2) is 24.8 Å². The number of benzene rings is 1. The van der Waals surface area contributed by atoms with Crippen molar-refractivity contribution < 1.29 is 23.1 Å². The van der Waals surface area contributed by atoms with Gasteiger partial charge in [0.15, 0.2) is 5.78 Å². The van der Waals surface area contributed by atoms with Gasteiger partial charge in [-0.2, -0.15) is 0 Å². The average molecular weight is 285 g/mol. The first kappa shape index (κ1) is 16.1. The monoisotopic (exact) mass is 285 g/mol. The number of amides is 1. The Hall–Kier alpha value is -1.98. The maximum Gasteiger partial charge on any atom is 0.407 e. The topological polar surface area (TPSA) is 55.4 Å². The molecule has 0 aromatic heterocycles. The van der Waals surface area contributed by atoms with E-state index >= 15 is 0 Å². The molecule has 0 spiro atoms. The van der Waals surface area contributed by atoms with E-state index in [4.69, 9.17) is 4.74 Å². The highest BCUT2D eigenvalue weighted by Crippen LogP contribution is 2.05. The van der Waals surface area contributed by atoms with Crippen LogP contribution in [0.2, 0.25) is 0 Å².